The van der Waals surface area contributed by atoms with E-state index in [-0.39, 0.29) is 23.5 Å². The molecule has 1 aromatic carbocycles. The number of aromatic carboxylic acids is 1. The molecular formula is C11H12N2O5. The van der Waals surface area contributed by atoms with Gasteiger partial charge >= 0.3 is 5.97 Å². The van der Waals surface area contributed by atoms with Crippen molar-refractivity contribution in [2.75, 3.05) is 18.0 Å². The molecule has 1 aliphatic rings. The van der Waals surface area contributed by atoms with Crippen molar-refractivity contribution < 1.29 is 19.9 Å². The second kappa shape index (κ2) is 4.61. The van der Waals surface area contributed by atoms with Crippen LogP contribution in [0.2, 0.25) is 0 Å². The zero-order chi connectivity index (χ0) is 13.3. The maximum absolute atomic E-state index is 10.9. The van der Waals surface area contributed by atoms with Gasteiger partial charge in [-0.05, 0) is 18.6 Å². The Balaban J connectivity index is 2.44. The molecular weight excluding hydrogens is 240 g/mol. The molecule has 0 spiro atoms. The third-order valence-corrected chi connectivity index (χ3v) is 2.92. The monoisotopic (exact) mass is 252 g/mol. The maximum atomic E-state index is 10.9. The highest BCUT2D eigenvalue weighted by atomic mass is 16.6. The summed E-state index contributed by atoms with van der Waals surface area (Å²) in [6.45, 7) is 0.759. The van der Waals surface area contributed by atoms with Crippen LogP contribution in [0.1, 0.15) is 16.8 Å². The van der Waals surface area contributed by atoms with E-state index in [0.717, 1.165) is 0 Å². The summed E-state index contributed by atoms with van der Waals surface area (Å²) in [6.07, 6.45) is -0.00727. The van der Waals surface area contributed by atoms with Crippen LogP contribution in [-0.4, -0.2) is 40.3 Å². The Morgan fingerprint density at radius 3 is 2.72 bits per heavy atom. The van der Waals surface area contributed by atoms with Gasteiger partial charge in [-0.15, -0.1) is 0 Å². The molecule has 0 radical (unpaired) electrons. The number of aliphatic hydroxyl groups excluding tert-OH is 1. The third-order valence-electron chi connectivity index (χ3n) is 2.92. The Kier molecular flexibility index (Phi) is 3.15. The zero-order valence-corrected chi connectivity index (χ0v) is 9.44. The Morgan fingerprint density at radius 1 is 1.50 bits per heavy atom. The molecule has 1 heterocycles. The molecule has 0 saturated carbocycles. The largest absolute Gasteiger partial charge is 0.478 e. The van der Waals surface area contributed by atoms with Crippen LogP contribution >= 0.6 is 0 Å². The van der Waals surface area contributed by atoms with Crippen molar-refractivity contribution in [2.24, 2.45) is 0 Å². The van der Waals surface area contributed by atoms with Crippen molar-refractivity contribution in [1.29, 1.82) is 0 Å². The van der Waals surface area contributed by atoms with Crippen LogP contribution in [0.3, 0.4) is 0 Å². The Bertz CT molecular complexity index is 502. The van der Waals surface area contributed by atoms with Crippen LogP contribution in [0, 0.1) is 10.1 Å². The molecule has 1 atom stereocenters. The third kappa shape index (κ3) is 2.25. The summed E-state index contributed by atoms with van der Waals surface area (Å²) in [5, 5.41) is 29.2. The minimum Gasteiger partial charge on any atom is -0.478 e. The maximum Gasteiger partial charge on any atom is 0.335 e. The van der Waals surface area contributed by atoms with E-state index in [9.17, 15) is 20.0 Å². The van der Waals surface area contributed by atoms with Crippen LogP contribution < -0.4 is 4.90 Å². The number of hydrogen-bond donors (Lipinski definition) is 2. The van der Waals surface area contributed by atoms with Crippen molar-refractivity contribution in [3.8, 4) is 0 Å². The minimum absolute atomic E-state index is 0.00279. The number of carbonyl (C=O) groups is 1. The van der Waals surface area contributed by atoms with E-state index < -0.39 is 17.0 Å². The first-order valence-electron chi connectivity index (χ1n) is 5.44. The molecule has 18 heavy (non-hydrogen) atoms. The van der Waals surface area contributed by atoms with Crippen LogP contribution in [0.4, 0.5) is 11.4 Å². The van der Waals surface area contributed by atoms with Crippen molar-refractivity contribution in [3.63, 3.8) is 0 Å². The van der Waals surface area contributed by atoms with Crippen molar-refractivity contribution >= 4 is 17.3 Å². The van der Waals surface area contributed by atoms with Crippen LogP contribution in [0.15, 0.2) is 18.2 Å². The van der Waals surface area contributed by atoms with E-state index in [0.29, 0.717) is 13.0 Å². The van der Waals surface area contributed by atoms with Crippen molar-refractivity contribution in [3.05, 3.63) is 33.9 Å². The first kappa shape index (κ1) is 12.3. The average Bonchev–Trinajstić information content (AvgIpc) is 2.74. The number of nitro benzene ring substituents is 1. The molecule has 1 unspecified atom stereocenters. The number of aliphatic hydroxyl groups is 1. The Hall–Kier alpha value is -2.15. The van der Waals surface area contributed by atoms with E-state index in [4.69, 9.17) is 5.11 Å². The molecule has 1 fully saturated rings. The van der Waals surface area contributed by atoms with Gasteiger partial charge < -0.3 is 15.1 Å². The minimum atomic E-state index is -1.13. The molecule has 2 rings (SSSR count). The van der Waals surface area contributed by atoms with Crippen LogP contribution in [0.25, 0.3) is 0 Å². The summed E-state index contributed by atoms with van der Waals surface area (Å²) in [5.41, 5.74) is 0.0996. The van der Waals surface area contributed by atoms with Gasteiger partial charge in [0.25, 0.3) is 5.69 Å². The molecule has 96 valence electrons. The highest BCUT2D eigenvalue weighted by Gasteiger charge is 2.27. The number of nitro groups is 1. The number of carboxylic acids is 1. The van der Waals surface area contributed by atoms with Gasteiger partial charge in [0.05, 0.1) is 16.6 Å². The van der Waals surface area contributed by atoms with E-state index in [1.807, 2.05) is 0 Å². The predicted molar refractivity (Wildman–Crippen MR) is 62.9 cm³/mol. The lowest BCUT2D eigenvalue weighted by Gasteiger charge is -2.18. The highest BCUT2D eigenvalue weighted by molar-refractivity contribution is 5.90. The summed E-state index contributed by atoms with van der Waals surface area (Å²) < 4.78 is 0. The summed E-state index contributed by atoms with van der Waals surface area (Å²) >= 11 is 0. The quantitative estimate of drug-likeness (QED) is 0.610. The fourth-order valence-corrected chi connectivity index (χ4v) is 2.02. The lowest BCUT2D eigenvalue weighted by Crippen LogP contribution is -2.22. The molecule has 1 saturated heterocycles. The summed E-state index contributed by atoms with van der Waals surface area (Å²) in [5.74, 6) is -1.13. The molecule has 7 nitrogen and oxygen atoms in total. The average molecular weight is 252 g/mol. The molecule has 0 amide bonds. The molecule has 0 aliphatic carbocycles. The molecule has 1 aromatic rings. The SMILES string of the molecule is O=C(O)c1ccc([N+](=O)[O-])c(N2CCC(O)C2)c1. The number of nitrogens with zero attached hydrogens (tertiary/aromatic N) is 2. The number of β-amino-alcohol motifs (C(OH)–C–C–N with tert-alkyl or cyclic N) is 1. The van der Waals surface area contributed by atoms with Gasteiger partial charge in [0.1, 0.15) is 5.69 Å². The molecule has 1 aliphatic heterocycles. The van der Waals surface area contributed by atoms with Crippen LogP contribution in [-0.2, 0) is 0 Å². The first-order valence-corrected chi connectivity index (χ1v) is 5.44. The van der Waals surface area contributed by atoms with E-state index in [2.05, 4.69) is 0 Å². The van der Waals surface area contributed by atoms with Gasteiger partial charge in [-0.2, -0.15) is 0 Å². The normalized spacial score (nSPS) is 18.9. The summed E-state index contributed by atoms with van der Waals surface area (Å²) in [7, 11) is 0. The van der Waals surface area contributed by atoms with Gasteiger partial charge in [-0.25, -0.2) is 4.79 Å². The van der Waals surface area contributed by atoms with Gasteiger partial charge in [-0.3, -0.25) is 10.1 Å². The second-order valence-electron chi connectivity index (χ2n) is 4.15. The van der Waals surface area contributed by atoms with Crippen molar-refractivity contribution in [2.45, 2.75) is 12.5 Å². The summed E-state index contributed by atoms with van der Waals surface area (Å²) in [6, 6.07) is 3.67. The van der Waals surface area contributed by atoms with Gasteiger partial charge in [-0.1, -0.05) is 0 Å². The highest BCUT2D eigenvalue weighted by Crippen LogP contribution is 2.31. The van der Waals surface area contributed by atoms with Crippen LogP contribution in [0.5, 0.6) is 0 Å². The predicted octanol–water partition coefficient (Wildman–Crippen LogP) is 0.864. The fourth-order valence-electron chi connectivity index (χ4n) is 2.02. The number of benzene rings is 1. The second-order valence-corrected chi connectivity index (χ2v) is 4.15. The zero-order valence-electron chi connectivity index (χ0n) is 9.44. The van der Waals surface area contributed by atoms with E-state index >= 15 is 0 Å². The van der Waals surface area contributed by atoms with Gasteiger partial charge in [0, 0.05) is 19.2 Å². The number of carboxylic acid groups (broad SMARTS) is 1. The topological polar surface area (TPSA) is 104 Å². The lowest BCUT2D eigenvalue weighted by molar-refractivity contribution is -0.384. The smallest absolute Gasteiger partial charge is 0.335 e. The van der Waals surface area contributed by atoms with Gasteiger partial charge in [0.2, 0.25) is 0 Å². The van der Waals surface area contributed by atoms with Gasteiger partial charge in [0.15, 0.2) is 0 Å². The lowest BCUT2D eigenvalue weighted by atomic mass is 10.1. The van der Waals surface area contributed by atoms with E-state index in [1.165, 1.54) is 18.2 Å². The first-order chi connectivity index (χ1) is 8.49. The standard InChI is InChI=1S/C11H12N2O5/c14-8-3-4-12(6-8)10-5-7(11(15)16)1-2-9(10)13(17)18/h1-2,5,8,14H,3-4,6H2,(H,15,16). The molecule has 0 aromatic heterocycles. The molecule has 7 heteroatoms. The Labute approximate surface area is 102 Å². The number of hydrogen-bond acceptors (Lipinski definition) is 5. The molecule has 2 N–H and O–H groups in total. The van der Waals surface area contributed by atoms with Crippen molar-refractivity contribution in [1.82, 2.24) is 0 Å². The Morgan fingerprint density at radius 2 is 2.22 bits per heavy atom. The summed E-state index contributed by atoms with van der Waals surface area (Å²) in [4.78, 5) is 22.9. The number of anilines is 1. The molecule has 0 bridgehead atoms. The number of rotatable bonds is 3. The fraction of sp³-hybridized carbons (Fsp3) is 0.364. The van der Waals surface area contributed by atoms with E-state index in [1.54, 1.807) is 4.90 Å².